The summed E-state index contributed by atoms with van der Waals surface area (Å²) in [7, 11) is 2.60. The van der Waals surface area contributed by atoms with Crippen LogP contribution < -0.4 is 10.6 Å². The molecule has 312 valence electrons. The van der Waals surface area contributed by atoms with Crippen molar-refractivity contribution in [2.45, 2.75) is 85.0 Å². The largest absolute Gasteiger partial charge is 0.453 e. The molecule has 59 heavy (non-hydrogen) atoms. The average molecular weight is 822 g/mol. The van der Waals surface area contributed by atoms with Gasteiger partial charge in [0.2, 0.25) is 11.8 Å². The smallest absolute Gasteiger partial charge is 0.407 e. The number of benzene rings is 2. The zero-order valence-electron chi connectivity index (χ0n) is 35.1. The molecule has 0 spiro atoms. The van der Waals surface area contributed by atoms with Gasteiger partial charge < -0.3 is 34.9 Å². The van der Waals surface area contributed by atoms with Crippen molar-refractivity contribution in [3.8, 4) is 32.1 Å². The SMILES string of the molecule is COC(=O)N[C@H](C(=O)N1C[C@@H](C)C[C@H]1C1=Nc2cc(-c3ccc(-c4ccc(-c5cnc([C@@H]6C[C@H](C)CN6C(=O)[C@@H](NC(=O)OC)C(C)C)[nH]5)cc4)s3)ccc2C1)C(C)C. The fourth-order valence-corrected chi connectivity index (χ4v) is 9.59. The van der Waals surface area contributed by atoms with E-state index in [2.05, 4.69) is 84.1 Å². The highest BCUT2D eigenvalue weighted by Gasteiger charge is 2.42. The summed E-state index contributed by atoms with van der Waals surface area (Å²) in [6.07, 6.45) is 2.89. The molecule has 4 amide bonds. The first kappa shape index (κ1) is 41.7. The lowest BCUT2D eigenvalue weighted by atomic mass is 9.98. The number of rotatable bonds is 11. The van der Waals surface area contributed by atoms with Crippen molar-refractivity contribution in [2.24, 2.45) is 28.7 Å². The summed E-state index contributed by atoms with van der Waals surface area (Å²) < 4.78 is 9.59. The van der Waals surface area contributed by atoms with Crippen molar-refractivity contribution < 1.29 is 28.7 Å². The Kier molecular flexibility index (Phi) is 12.3. The number of nitrogens with one attached hydrogen (secondary N) is 3. The summed E-state index contributed by atoms with van der Waals surface area (Å²) in [4.78, 5) is 71.0. The van der Waals surface area contributed by atoms with Gasteiger partial charge in [0.1, 0.15) is 17.9 Å². The molecule has 3 aliphatic heterocycles. The predicted molar refractivity (Wildman–Crippen MR) is 229 cm³/mol. The Morgan fingerprint density at radius 1 is 0.746 bits per heavy atom. The number of hydrogen-bond acceptors (Lipinski definition) is 9. The summed E-state index contributed by atoms with van der Waals surface area (Å²) in [5.41, 5.74) is 7.13. The van der Waals surface area contributed by atoms with Crippen molar-refractivity contribution in [3.63, 3.8) is 0 Å². The maximum atomic E-state index is 13.8. The van der Waals surface area contributed by atoms with Crippen LogP contribution in [-0.4, -0.2) is 94.9 Å². The molecule has 2 fully saturated rings. The molecule has 0 aliphatic carbocycles. The van der Waals surface area contributed by atoms with Gasteiger partial charge in [-0.2, -0.15) is 0 Å². The summed E-state index contributed by atoms with van der Waals surface area (Å²) in [6.45, 7) is 13.2. The van der Waals surface area contributed by atoms with Crippen LogP contribution in [0.3, 0.4) is 0 Å². The topological polar surface area (TPSA) is 158 Å². The highest BCUT2D eigenvalue weighted by atomic mass is 32.1. The number of likely N-dealkylation sites (tertiary alicyclic amines) is 2. The predicted octanol–water partition coefficient (Wildman–Crippen LogP) is 8.01. The number of aromatic amines is 1. The lowest BCUT2D eigenvalue weighted by molar-refractivity contribution is -0.136. The van der Waals surface area contributed by atoms with Gasteiger partial charge in [-0.25, -0.2) is 14.6 Å². The third-order valence-corrected chi connectivity index (χ3v) is 12.9. The number of ether oxygens (including phenoxy) is 2. The number of aromatic nitrogens is 2. The monoisotopic (exact) mass is 821 g/mol. The van der Waals surface area contributed by atoms with E-state index in [0.717, 1.165) is 67.8 Å². The summed E-state index contributed by atoms with van der Waals surface area (Å²) >= 11 is 1.72. The standard InChI is InChI=1S/C45H55N7O6S/c1-24(2)39(49-44(55)57-7)42(53)51-22-26(5)17-35(51)33-19-30-13-14-31(20-32(30)47-33)38-16-15-37(59-38)29-11-9-28(10-12-29)34-21-46-41(48-34)36-18-27(6)23-52(36)43(54)40(25(3)4)50-45(56)58-8/h9-16,20-21,24-27,35-36,39-40H,17-19,22-23H2,1-8H3,(H,46,48)(H,49,55)(H,50,56)/t26-,27-,35-,36-,39-,40-/m0/s1. The van der Waals surface area contributed by atoms with Crippen LogP contribution in [0.15, 0.2) is 65.8 Å². The zero-order valence-corrected chi connectivity index (χ0v) is 35.9. The molecule has 0 radical (unpaired) electrons. The minimum Gasteiger partial charge on any atom is -0.453 e. The third-order valence-electron chi connectivity index (χ3n) is 11.8. The normalized spacial score (nSPS) is 21.0. The van der Waals surface area contributed by atoms with Gasteiger partial charge >= 0.3 is 12.2 Å². The van der Waals surface area contributed by atoms with E-state index in [9.17, 15) is 19.2 Å². The molecule has 0 saturated carbocycles. The van der Waals surface area contributed by atoms with E-state index in [0.29, 0.717) is 25.4 Å². The second-order valence-corrected chi connectivity index (χ2v) is 18.0. The van der Waals surface area contributed by atoms with Gasteiger partial charge in [0.15, 0.2) is 0 Å². The molecule has 3 N–H and O–H groups in total. The van der Waals surface area contributed by atoms with Crippen LogP contribution in [0.25, 0.3) is 32.1 Å². The van der Waals surface area contributed by atoms with E-state index in [-0.39, 0.29) is 41.7 Å². The number of carbonyl (C=O) groups excluding carboxylic acids is 4. The van der Waals surface area contributed by atoms with Crippen molar-refractivity contribution in [3.05, 3.63) is 72.2 Å². The molecular formula is C45H55N7O6S. The fourth-order valence-electron chi connectivity index (χ4n) is 8.58. The summed E-state index contributed by atoms with van der Waals surface area (Å²) in [5, 5.41) is 5.46. The van der Waals surface area contributed by atoms with Gasteiger partial charge in [-0.15, -0.1) is 11.3 Å². The average Bonchev–Trinajstić information content (AvgIpc) is 4.07. The van der Waals surface area contributed by atoms with Crippen LogP contribution in [0.2, 0.25) is 0 Å². The van der Waals surface area contributed by atoms with Gasteiger partial charge in [-0.05, 0) is 77.0 Å². The second kappa shape index (κ2) is 17.4. The Balaban J connectivity index is 1.03. The van der Waals surface area contributed by atoms with Crippen LogP contribution in [0.1, 0.15) is 71.8 Å². The van der Waals surface area contributed by atoms with Gasteiger partial charge in [0.05, 0.1) is 43.9 Å². The Hall–Kier alpha value is -5.50. The van der Waals surface area contributed by atoms with E-state index in [1.165, 1.54) is 14.2 Å². The lowest BCUT2D eigenvalue weighted by Gasteiger charge is -2.31. The number of nitrogens with zero attached hydrogens (tertiary/aromatic N) is 4. The molecule has 2 aromatic carbocycles. The molecule has 4 aromatic rings. The number of hydrogen-bond donors (Lipinski definition) is 3. The van der Waals surface area contributed by atoms with E-state index in [4.69, 9.17) is 19.5 Å². The van der Waals surface area contributed by atoms with Crippen molar-refractivity contribution in [1.82, 2.24) is 30.4 Å². The highest BCUT2D eigenvalue weighted by Crippen LogP contribution is 2.41. The Morgan fingerprint density at radius 3 is 1.85 bits per heavy atom. The number of amides is 4. The maximum Gasteiger partial charge on any atom is 0.407 e. The quantitative estimate of drug-likeness (QED) is 0.138. The van der Waals surface area contributed by atoms with E-state index < -0.39 is 24.3 Å². The van der Waals surface area contributed by atoms with Crippen LogP contribution in [0.4, 0.5) is 15.3 Å². The molecule has 0 bridgehead atoms. The van der Waals surface area contributed by atoms with Crippen molar-refractivity contribution >= 4 is 46.7 Å². The first-order valence-electron chi connectivity index (χ1n) is 20.5. The lowest BCUT2D eigenvalue weighted by Crippen LogP contribution is -2.53. The van der Waals surface area contributed by atoms with E-state index in [1.54, 1.807) is 11.3 Å². The molecule has 0 unspecified atom stereocenters. The number of imidazole rings is 1. The zero-order chi connectivity index (χ0) is 42.1. The van der Waals surface area contributed by atoms with Crippen LogP contribution in [0, 0.1) is 23.7 Å². The third kappa shape index (κ3) is 8.78. The number of alkyl carbamates (subject to hydrolysis) is 2. The Labute approximate surface area is 350 Å². The molecule has 2 saturated heterocycles. The van der Waals surface area contributed by atoms with Gasteiger partial charge in [-0.3, -0.25) is 14.6 Å². The minimum atomic E-state index is -0.697. The molecule has 6 atom stereocenters. The Bertz CT molecular complexity index is 2230. The molecule has 13 nitrogen and oxygen atoms in total. The maximum absolute atomic E-state index is 13.8. The molecule has 3 aliphatic rings. The second-order valence-electron chi connectivity index (χ2n) is 17.0. The minimum absolute atomic E-state index is 0.0951. The number of fused-ring (bicyclic) bond motifs is 1. The molecule has 7 rings (SSSR count). The Morgan fingerprint density at radius 2 is 1.27 bits per heavy atom. The number of aliphatic imine (C=N–C) groups is 1. The summed E-state index contributed by atoms with van der Waals surface area (Å²) in [6, 6.07) is 17.4. The highest BCUT2D eigenvalue weighted by molar-refractivity contribution is 7.18. The van der Waals surface area contributed by atoms with E-state index in [1.807, 2.05) is 43.7 Å². The fraction of sp³-hybridized carbons (Fsp3) is 0.467. The molecular weight excluding hydrogens is 767 g/mol. The van der Waals surface area contributed by atoms with Crippen molar-refractivity contribution in [2.75, 3.05) is 27.3 Å². The number of H-pyrrole nitrogens is 1. The number of methoxy groups -OCH3 is 2. The number of thiophene rings is 1. The van der Waals surface area contributed by atoms with Gasteiger partial charge in [0.25, 0.3) is 0 Å². The first-order valence-corrected chi connectivity index (χ1v) is 21.3. The van der Waals surface area contributed by atoms with Gasteiger partial charge in [-0.1, -0.05) is 77.9 Å². The number of carbonyl (C=O) groups is 4. The molecule has 2 aromatic heterocycles. The first-order chi connectivity index (χ1) is 28.2. The van der Waals surface area contributed by atoms with Crippen LogP contribution >= 0.6 is 11.3 Å². The van der Waals surface area contributed by atoms with E-state index >= 15 is 0 Å². The van der Waals surface area contributed by atoms with Crippen molar-refractivity contribution in [1.29, 1.82) is 0 Å². The summed E-state index contributed by atoms with van der Waals surface area (Å²) in [5.74, 6) is 0.887. The van der Waals surface area contributed by atoms with Crippen LogP contribution in [0.5, 0.6) is 0 Å². The van der Waals surface area contributed by atoms with Crippen LogP contribution in [-0.2, 0) is 25.5 Å². The molecule has 14 heteroatoms. The van der Waals surface area contributed by atoms with Gasteiger partial charge in [0, 0.05) is 35.0 Å². The molecule has 5 heterocycles.